The number of fused-ring (bicyclic) bond motifs is 2. The second kappa shape index (κ2) is 5.89. The fraction of sp³-hybridized carbons (Fsp3) is 0. The van der Waals surface area contributed by atoms with E-state index in [0.717, 1.165) is 11.0 Å². The van der Waals surface area contributed by atoms with Crippen molar-refractivity contribution >= 4 is 21.8 Å². The molecule has 4 rings (SSSR count). The summed E-state index contributed by atoms with van der Waals surface area (Å²) in [5.41, 5.74) is 2.12. The summed E-state index contributed by atoms with van der Waals surface area (Å²) < 4.78 is 0. The molecule has 0 spiro atoms. The third-order valence-electron chi connectivity index (χ3n) is 2.90. The second-order valence-corrected chi connectivity index (χ2v) is 4.27. The van der Waals surface area contributed by atoms with Crippen molar-refractivity contribution in [2.24, 2.45) is 0 Å². The molecule has 0 aliphatic carbocycles. The Morgan fingerprint density at radius 3 is 1.45 bits per heavy atom. The van der Waals surface area contributed by atoms with Crippen LogP contribution in [0, 0.1) is 0 Å². The summed E-state index contributed by atoms with van der Waals surface area (Å²) in [4.78, 5) is 12.0. The normalized spacial score (nSPS) is 10.0. The molecule has 2 heterocycles. The Labute approximate surface area is 117 Å². The fourth-order valence-corrected chi connectivity index (χ4v) is 1.97. The molecule has 0 aliphatic rings. The molecule has 3 heteroatoms. The van der Waals surface area contributed by atoms with E-state index in [1.807, 2.05) is 36.4 Å². The van der Waals surface area contributed by atoms with Crippen LogP contribution in [-0.2, 0) is 0 Å². The molecule has 0 radical (unpaired) electrons. The first kappa shape index (κ1) is 12.2. The standard InChI is InChI=1S/C13H9N.C4H4N2/c1-3-7-12-10(5-1)9-11-6-2-4-8-13(11)14-12;1-2-6-4-3-5-1/h1-9H;1-4H. The molecule has 2 aromatic heterocycles. The Kier molecular flexibility index (Phi) is 3.60. The van der Waals surface area contributed by atoms with Crippen LogP contribution >= 0.6 is 0 Å². The van der Waals surface area contributed by atoms with E-state index in [4.69, 9.17) is 0 Å². The average Bonchev–Trinajstić information content (AvgIpc) is 2.55. The number of benzene rings is 2. The van der Waals surface area contributed by atoms with Gasteiger partial charge in [-0.15, -0.1) is 0 Å². The van der Waals surface area contributed by atoms with Crippen molar-refractivity contribution in [3.8, 4) is 0 Å². The van der Waals surface area contributed by atoms with Crippen molar-refractivity contribution in [1.82, 2.24) is 15.0 Å². The molecule has 0 amide bonds. The molecule has 0 bridgehead atoms. The lowest BCUT2D eigenvalue weighted by Gasteiger charge is -1.99. The predicted molar refractivity (Wildman–Crippen MR) is 81.3 cm³/mol. The predicted octanol–water partition coefficient (Wildman–Crippen LogP) is 3.86. The van der Waals surface area contributed by atoms with Crippen molar-refractivity contribution in [3.63, 3.8) is 0 Å². The van der Waals surface area contributed by atoms with Crippen molar-refractivity contribution < 1.29 is 0 Å². The highest BCUT2D eigenvalue weighted by atomic mass is 14.7. The molecule has 20 heavy (non-hydrogen) atoms. The zero-order chi connectivity index (χ0) is 13.6. The van der Waals surface area contributed by atoms with Crippen LogP contribution in [0.5, 0.6) is 0 Å². The largest absolute Gasteiger partial charge is 0.262 e. The van der Waals surface area contributed by atoms with Gasteiger partial charge in [0, 0.05) is 35.6 Å². The maximum absolute atomic E-state index is 4.58. The van der Waals surface area contributed by atoms with Crippen LogP contribution in [0.25, 0.3) is 21.8 Å². The fourth-order valence-electron chi connectivity index (χ4n) is 1.97. The summed E-state index contributed by atoms with van der Waals surface area (Å²) in [5.74, 6) is 0. The topological polar surface area (TPSA) is 38.7 Å². The van der Waals surface area contributed by atoms with Crippen molar-refractivity contribution in [1.29, 1.82) is 0 Å². The van der Waals surface area contributed by atoms with E-state index in [0.29, 0.717) is 0 Å². The molecule has 4 aromatic rings. The quantitative estimate of drug-likeness (QED) is 0.450. The van der Waals surface area contributed by atoms with Gasteiger partial charge in [0.2, 0.25) is 0 Å². The molecule has 2 aromatic carbocycles. The van der Waals surface area contributed by atoms with Crippen molar-refractivity contribution in [3.05, 3.63) is 79.4 Å². The molecule has 0 aliphatic heterocycles. The lowest BCUT2D eigenvalue weighted by molar-refractivity contribution is 1.20. The van der Waals surface area contributed by atoms with Gasteiger partial charge in [-0.3, -0.25) is 9.97 Å². The van der Waals surface area contributed by atoms with E-state index in [-0.39, 0.29) is 0 Å². The van der Waals surface area contributed by atoms with E-state index < -0.39 is 0 Å². The van der Waals surface area contributed by atoms with Crippen LogP contribution in [0.15, 0.2) is 79.4 Å². The first-order chi connectivity index (χ1) is 9.93. The molecular formula is C17H13N3. The Bertz CT molecular complexity index is 682. The Morgan fingerprint density at radius 1 is 0.550 bits per heavy atom. The zero-order valence-corrected chi connectivity index (χ0v) is 10.8. The minimum absolute atomic E-state index is 1.06. The molecule has 3 nitrogen and oxygen atoms in total. The van der Waals surface area contributed by atoms with Gasteiger partial charge >= 0.3 is 0 Å². The van der Waals surface area contributed by atoms with E-state index in [2.05, 4.69) is 33.2 Å². The first-order valence-corrected chi connectivity index (χ1v) is 6.38. The molecule has 0 N–H and O–H groups in total. The summed E-state index contributed by atoms with van der Waals surface area (Å²) in [6.45, 7) is 0. The third-order valence-corrected chi connectivity index (χ3v) is 2.90. The SMILES string of the molecule is c1ccc2nc3ccccc3cc2c1.c1cnccn1. The Hall–Kier alpha value is -2.81. The molecule has 0 saturated carbocycles. The average molecular weight is 259 g/mol. The van der Waals surface area contributed by atoms with Crippen LogP contribution in [-0.4, -0.2) is 15.0 Å². The Morgan fingerprint density at radius 2 is 1.00 bits per heavy atom. The molecule has 0 saturated heterocycles. The van der Waals surface area contributed by atoms with Crippen LogP contribution in [0.2, 0.25) is 0 Å². The highest BCUT2D eigenvalue weighted by Gasteiger charge is 1.96. The maximum Gasteiger partial charge on any atom is 0.0709 e. The number of aromatic nitrogens is 3. The maximum atomic E-state index is 4.58. The summed E-state index contributed by atoms with van der Waals surface area (Å²) in [6.07, 6.45) is 6.56. The zero-order valence-electron chi connectivity index (χ0n) is 10.8. The lowest BCUT2D eigenvalue weighted by Crippen LogP contribution is -1.80. The number of hydrogen-bond acceptors (Lipinski definition) is 3. The van der Waals surface area contributed by atoms with E-state index in [9.17, 15) is 0 Å². The van der Waals surface area contributed by atoms with E-state index in [1.54, 1.807) is 24.8 Å². The summed E-state index contributed by atoms with van der Waals surface area (Å²) in [6, 6.07) is 18.6. The third kappa shape index (κ3) is 2.78. The monoisotopic (exact) mass is 259 g/mol. The number of nitrogens with zero attached hydrogens (tertiary/aromatic N) is 3. The Balaban J connectivity index is 0.000000170. The smallest absolute Gasteiger partial charge is 0.0709 e. The number of rotatable bonds is 0. The molecule has 0 atom stereocenters. The number of hydrogen-bond donors (Lipinski definition) is 0. The molecule has 0 unspecified atom stereocenters. The van der Waals surface area contributed by atoms with Gasteiger partial charge in [0.15, 0.2) is 0 Å². The van der Waals surface area contributed by atoms with Gasteiger partial charge in [0.25, 0.3) is 0 Å². The van der Waals surface area contributed by atoms with Gasteiger partial charge in [-0.2, -0.15) is 0 Å². The van der Waals surface area contributed by atoms with Gasteiger partial charge in [-0.25, -0.2) is 4.98 Å². The van der Waals surface area contributed by atoms with Crippen LogP contribution in [0.1, 0.15) is 0 Å². The van der Waals surface area contributed by atoms with Gasteiger partial charge < -0.3 is 0 Å². The van der Waals surface area contributed by atoms with Crippen molar-refractivity contribution in [2.75, 3.05) is 0 Å². The summed E-state index contributed by atoms with van der Waals surface area (Å²) in [5, 5.41) is 2.40. The minimum Gasteiger partial charge on any atom is -0.262 e. The van der Waals surface area contributed by atoms with Crippen LogP contribution < -0.4 is 0 Å². The van der Waals surface area contributed by atoms with Gasteiger partial charge in [0.05, 0.1) is 11.0 Å². The van der Waals surface area contributed by atoms with E-state index in [1.165, 1.54) is 10.8 Å². The van der Waals surface area contributed by atoms with Gasteiger partial charge in [0.1, 0.15) is 0 Å². The number of para-hydroxylation sites is 2. The first-order valence-electron chi connectivity index (χ1n) is 6.38. The highest BCUT2D eigenvalue weighted by molar-refractivity contribution is 5.92. The van der Waals surface area contributed by atoms with Crippen LogP contribution in [0.4, 0.5) is 0 Å². The summed E-state index contributed by atoms with van der Waals surface area (Å²) >= 11 is 0. The highest BCUT2D eigenvalue weighted by Crippen LogP contribution is 2.18. The van der Waals surface area contributed by atoms with Crippen molar-refractivity contribution in [2.45, 2.75) is 0 Å². The number of pyridine rings is 1. The van der Waals surface area contributed by atoms with Gasteiger partial charge in [-0.1, -0.05) is 36.4 Å². The lowest BCUT2D eigenvalue weighted by atomic mass is 10.1. The van der Waals surface area contributed by atoms with Gasteiger partial charge in [-0.05, 0) is 18.2 Å². The second-order valence-electron chi connectivity index (χ2n) is 4.27. The minimum atomic E-state index is 1.06. The molecule has 0 fully saturated rings. The van der Waals surface area contributed by atoms with Crippen LogP contribution in [0.3, 0.4) is 0 Å². The summed E-state index contributed by atoms with van der Waals surface area (Å²) in [7, 11) is 0. The molecular weight excluding hydrogens is 246 g/mol. The van der Waals surface area contributed by atoms with E-state index >= 15 is 0 Å². The molecule has 96 valence electrons.